The maximum absolute atomic E-state index is 5.64. The third-order valence-electron chi connectivity index (χ3n) is 5.09. The maximum Gasteiger partial charge on any atom is 0.0623 e. The molecule has 1 aromatic carbocycles. The molecule has 23 heavy (non-hydrogen) atoms. The lowest BCUT2D eigenvalue weighted by molar-refractivity contribution is 0.0526. The van der Waals surface area contributed by atoms with Crippen molar-refractivity contribution in [3.8, 4) is 0 Å². The predicted octanol–water partition coefficient (Wildman–Crippen LogP) is 2.29. The van der Waals surface area contributed by atoms with Gasteiger partial charge in [-0.15, -0.1) is 12.4 Å². The summed E-state index contributed by atoms with van der Waals surface area (Å²) in [6.45, 7) is 4.84. The van der Waals surface area contributed by atoms with E-state index in [1.807, 2.05) is 0 Å². The van der Waals surface area contributed by atoms with Gasteiger partial charge in [0, 0.05) is 44.5 Å². The van der Waals surface area contributed by atoms with E-state index < -0.39 is 0 Å². The number of rotatable bonds is 6. The summed E-state index contributed by atoms with van der Waals surface area (Å²) in [6.07, 6.45) is 3.97. The van der Waals surface area contributed by atoms with Crippen LogP contribution in [0.5, 0.6) is 0 Å². The van der Waals surface area contributed by atoms with E-state index in [0.29, 0.717) is 12.1 Å². The third-order valence-corrected chi connectivity index (χ3v) is 5.09. The number of anilines is 1. The SMILES string of the molecule is CN(CCNC1CCCC1C1COCCN1)c1ccccc1.Cl. The van der Waals surface area contributed by atoms with Gasteiger partial charge < -0.3 is 20.3 Å². The summed E-state index contributed by atoms with van der Waals surface area (Å²) in [6, 6.07) is 11.8. The quantitative estimate of drug-likeness (QED) is 0.833. The Morgan fingerprint density at radius 1 is 1.26 bits per heavy atom. The first kappa shape index (κ1) is 18.5. The fourth-order valence-electron chi connectivity index (χ4n) is 3.81. The van der Waals surface area contributed by atoms with Crippen molar-refractivity contribution < 1.29 is 4.74 Å². The summed E-state index contributed by atoms with van der Waals surface area (Å²) in [5.74, 6) is 0.724. The Labute approximate surface area is 146 Å². The number of morpholine rings is 1. The molecular weight excluding hydrogens is 310 g/mol. The zero-order valence-corrected chi connectivity index (χ0v) is 14.9. The molecule has 1 aromatic rings. The molecule has 3 rings (SSSR count). The highest BCUT2D eigenvalue weighted by molar-refractivity contribution is 5.85. The van der Waals surface area contributed by atoms with E-state index in [9.17, 15) is 0 Å². The van der Waals surface area contributed by atoms with Gasteiger partial charge in [-0.1, -0.05) is 24.6 Å². The van der Waals surface area contributed by atoms with E-state index in [1.54, 1.807) is 0 Å². The third kappa shape index (κ3) is 5.08. The molecule has 1 saturated heterocycles. The van der Waals surface area contributed by atoms with E-state index >= 15 is 0 Å². The van der Waals surface area contributed by atoms with Crippen molar-refractivity contribution in [2.45, 2.75) is 31.3 Å². The standard InChI is InChI=1S/C18H29N3O.ClH/c1-21(15-6-3-2-4-7-15)12-10-19-17-9-5-8-16(17)18-14-22-13-11-20-18;/h2-4,6-7,16-20H,5,8-14H2,1H3;1H. The number of likely N-dealkylation sites (N-methyl/N-ethyl adjacent to an activating group) is 1. The Balaban J connectivity index is 0.00000192. The van der Waals surface area contributed by atoms with E-state index in [4.69, 9.17) is 4.74 Å². The first-order valence-electron chi connectivity index (χ1n) is 8.65. The molecular formula is C18H30ClN3O. The highest BCUT2D eigenvalue weighted by atomic mass is 35.5. The molecule has 0 aromatic heterocycles. The highest BCUT2D eigenvalue weighted by Gasteiger charge is 2.34. The van der Waals surface area contributed by atoms with Crippen LogP contribution in [0.15, 0.2) is 30.3 Å². The van der Waals surface area contributed by atoms with Crippen molar-refractivity contribution in [1.29, 1.82) is 0 Å². The minimum Gasteiger partial charge on any atom is -0.379 e. The van der Waals surface area contributed by atoms with Crippen LogP contribution in [0.2, 0.25) is 0 Å². The van der Waals surface area contributed by atoms with E-state index in [1.165, 1.54) is 24.9 Å². The van der Waals surface area contributed by atoms with E-state index in [-0.39, 0.29) is 12.4 Å². The Hall–Kier alpha value is -0.810. The average molecular weight is 340 g/mol. The highest BCUT2D eigenvalue weighted by Crippen LogP contribution is 2.29. The van der Waals surface area contributed by atoms with Crippen LogP contribution in [-0.4, -0.2) is 52.0 Å². The van der Waals surface area contributed by atoms with Crippen LogP contribution < -0.4 is 15.5 Å². The number of ether oxygens (including phenoxy) is 1. The number of hydrogen-bond donors (Lipinski definition) is 2. The van der Waals surface area contributed by atoms with Crippen molar-refractivity contribution in [3.05, 3.63) is 30.3 Å². The fourth-order valence-corrected chi connectivity index (χ4v) is 3.81. The summed E-state index contributed by atoms with van der Waals surface area (Å²) in [5, 5.41) is 7.43. The monoisotopic (exact) mass is 339 g/mol. The zero-order chi connectivity index (χ0) is 15.2. The lowest BCUT2D eigenvalue weighted by Gasteiger charge is -2.33. The summed E-state index contributed by atoms with van der Waals surface area (Å²) >= 11 is 0. The van der Waals surface area contributed by atoms with Crippen LogP contribution in [0.25, 0.3) is 0 Å². The minimum absolute atomic E-state index is 0. The molecule has 4 nitrogen and oxygen atoms in total. The molecule has 5 heteroatoms. The number of nitrogens with zero attached hydrogens (tertiary/aromatic N) is 1. The van der Waals surface area contributed by atoms with E-state index in [0.717, 1.165) is 38.8 Å². The average Bonchev–Trinajstić information content (AvgIpc) is 3.05. The van der Waals surface area contributed by atoms with Gasteiger partial charge in [0.1, 0.15) is 0 Å². The minimum atomic E-state index is 0. The van der Waals surface area contributed by atoms with Gasteiger partial charge in [-0.05, 0) is 30.9 Å². The van der Waals surface area contributed by atoms with Gasteiger partial charge in [0.25, 0.3) is 0 Å². The van der Waals surface area contributed by atoms with E-state index in [2.05, 4.69) is 52.9 Å². The normalized spacial score (nSPS) is 27.4. The predicted molar refractivity (Wildman–Crippen MR) is 98.7 cm³/mol. The maximum atomic E-state index is 5.64. The second kappa shape index (κ2) is 9.48. The summed E-state index contributed by atoms with van der Waals surface area (Å²) in [5.41, 5.74) is 1.29. The molecule has 1 aliphatic heterocycles. The number of hydrogen-bond acceptors (Lipinski definition) is 4. The molecule has 2 aliphatic rings. The molecule has 2 fully saturated rings. The summed E-state index contributed by atoms with van der Waals surface area (Å²) in [7, 11) is 2.17. The molecule has 1 heterocycles. The van der Waals surface area contributed by atoms with Crippen LogP contribution in [0, 0.1) is 5.92 Å². The molecule has 1 aliphatic carbocycles. The number of halogens is 1. The number of benzene rings is 1. The number of nitrogens with one attached hydrogen (secondary N) is 2. The Bertz CT molecular complexity index is 439. The lowest BCUT2D eigenvalue weighted by Crippen LogP contribution is -2.51. The Kier molecular flexibility index (Phi) is 7.63. The van der Waals surface area contributed by atoms with Crippen molar-refractivity contribution in [2.75, 3.05) is 44.8 Å². The molecule has 1 saturated carbocycles. The van der Waals surface area contributed by atoms with Gasteiger partial charge in [-0.3, -0.25) is 0 Å². The first-order valence-corrected chi connectivity index (χ1v) is 8.65. The van der Waals surface area contributed by atoms with Gasteiger partial charge in [0.05, 0.1) is 13.2 Å². The summed E-state index contributed by atoms with van der Waals surface area (Å²) < 4.78 is 5.64. The topological polar surface area (TPSA) is 36.5 Å². The van der Waals surface area contributed by atoms with Crippen molar-refractivity contribution in [1.82, 2.24) is 10.6 Å². The molecule has 0 amide bonds. The van der Waals surface area contributed by atoms with Gasteiger partial charge in [-0.2, -0.15) is 0 Å². The molecule has 3 unspecified atom stereocenters. The molecule has 0 bridgehead atoms. The van der Waals surface area contributed by atoms with Crippen molar-refractivity contribution in [2.24, 2.45) is 5.92 Å². The van der Waals surface area contributed by atoms with Crippen molar-refractivity contribution in [3.63, 3.8) is 0 Å². The van der Waals surface area contributed by atoms with Crippen LogP contribution in [0.3, 0.4) is 0 Å². The smallest absolute Gasteiger partial charge is 0.0623 e. The second-order valence-electron chi connectivity index (χ2n) is 6.55. The van der Waals surface area contributed by atoms with Gasteiger partial charge in [0.15, 0.2) is 0 Å². The molecule has 0 spiro atoms. The lowest BCUT2D eigenvalue weighted by atomic mass is 9.94. The van der Waals surface area contributed by atoms with Gasteiger partial charge >= 0.3 is 0 Å². The van der Waals surface area contributed by atoms with Crippen LogP contribution >= 0.6 is 12.4 Å². The zero-order valence-electron chi connectivity index (χ0n) is 14.0. The van der Waals surface area contributed by atoms with Crippen LogP contribution in [-0.2, 0) is 4.74 Å². The molecule has 130 valence electrons. The largest absolute Gasteiger partial charge is 0.379 e. The van der Waals surface area contributed by atoms with Crippen molar-refractivity contribution >= 4 is 18.1 Å². The Morgan fingerprint density at radius 3 is 2.83 bits per heavy atom. The Morgan fingerprint density at radius 2 is 2.09 bits per heavy atom. The number of para-hydroxylation sites is 1. The van der Waals surface area contributed by atoms with Gasteiger partial charge in [-0.25, -0.2) is 0 Å². The van der Waals surface area contributed by atoms with Crippen LogP contribution in [0.1, 0.15) is 19.3 Å². The fraction of sp³-hybridized carbons (Fsp3) is 0.667. The first-order chi connectivity index (χ1) is 10.8. The molecule has 0 radical (unpaired) electrons. The second-order valence-corrected chi connectivity index (χ2v) is 6.55. The van der Waals surface area contributed by atoms with Crippen LogP contribution in [0.4, 0.5) is 5.69 Å². The van der Waals surface area contributed by atoms with Gasteiger partial charge in [0.2, 0.25) is 0 Å². The molecule has 2 N–H and O–H groups in total. The summed E-state index contributed by atoms with van der Waals surface area (Å²) in [4.78, 5) is 2.32. The molecule has 3 atom stereocenters.